The van der Waals surface area contributed by atoms with Crippen LogP contribution in [0.2, 0.25) is 0 Å². The number of ether oxygens (including phenoxy) is 2. The number of likely N-dealkylation sites (N-methyl/N-ethyl adjacent to an activating group) is 1. The Morgan fingerprint density at radius 1 is 1.23 bits per heavy atom. The molecule has 0 spiro atoms. The number of aliphatic hydroxyl groups is 1. The summed E-state index contributed by atoms with van der Waals surface area (Å²) in [6.45, 7) is 11.9. The average Bonchev–Trinajstić information content (AvgIpc) is 3.35. The van der Waals surface area contributed by atoms with Crippen LogP contribution >= 0.6 is 0 Å². The second-order valence-electron chi connectivity index (χ2n) is 11.0. The molecule has 7 nitrogen and oxygen atoms in total. The summed E-state index contributed by atoms with van der Waals surface area (Å²) in [5.41, 5.74) is -1.87. The second-order valence-corrected chi connectivity index (χ2v) is 11.0. The fraction of sp³-hybridized carbons (Fsp3) is 0.533. The number of aromatic nitrogens is 2. The Morgan fingerprint density at radius 2 is 1.95 bits per heavy atom. The molecule has 0 radical (unpaired) electrons. The van der Waals surface area contributed by atoms with E-state index in [2.05, 4.69) is 27.1 Å². The van der Waals surface area contributed by atoms with Crippen molar-refractivity contribution in [3.05, 3.63) is 52.6 Å². The van der Waals surface area contributed by atoms with Crippen molar-refractivity contribution in [2.75, 3.05) is 32.1 Å². The van der Waals surface area contributed by atoms with E-state index in [-0.39, 0.29) is 5.56 Å². The molecule has 2 atom stereocenters. The SMILES string of the molecule is CCN1CCC[C@H]1COc1cc2c(N[C@H](C)c3cccc(C(F)(F)C(C)(C)O)c3F)nc(C)nc2c(C)c1OC. The number of methoxy groups -OCH3 is 1. The normalized spacial score (nSPS) is 17.3. The molecule has 0 unspecified atom stereocenters. The van der Waals surface area contributed by atoms with Gasteiger partial charge in [-0.15, -0.1) is 0 Å². The number of alkyl halides is 2. The van der Waals surface area contributed by atoms with E-state index in [9.17, 15) is 13.9 Å². The lowest BCUT2D eigenvalue weighted by atomic mass is 9.91. The molecule has 0 saturated carbocycles. The van der Waals surface area contributed by atoms with Crippen LogP contribution in [0.3, 0.4) is 0 Å². The average molecular weight is 561 g/mol. The zero-order valence-corrected chi connectivity index (χ0v) is 24.2. The van der Waals surface area contributed by atoms with Gasteiger partial charge >= 0.3 is 5.92 Å². The third-order valence-electron chi connectivity index (χ3n) is 7.75. The summed E-state index contributed by atoms with van der Waals surface area (Å²) in [5.74, 6) is -2.84. The molecule has 1 aromatic heterocycles. The Bertz CT molecular complexity index is 1380. The van der Waals surface area contributed by atoms with Crippen molar-refractivity contribution >= 4 is 16.7 Å². The van der Waals surface area contributed by atoms with Gasteiger partial charge in [-0.1, -0.05) is 19.1 Å². The highest BCUT2D eigenvalue weighted by molar-refractivity contribution is 5.94. The Balaban J connectivity index is 1.72. The van der Waals surface area contributed by atoms with Crippen molar-refractivity contribution in [1.82, 2.24) is 14.9 Å². The van der Waals surface area contributed by atoms with Gasteiger partial charge in [0.2, 0.25) is 0 Å². The van der Waals surface area contributed by atoms with Crippen LogP contribution < -0.4 is 14.8 Å². The molecule has 1 aliphatic heterocycles. The van der Waals surface area contributed by atoms with E-state index in [1.807, 2.05) is 13.0 Å². The minimum Gasteiger partial charge on any atom is -0.493 e. The van der Waals surface area contributed by atoms with Gasteiger partial charge in [0.1, 0.15) is 29.7 Å². The number of fused-ring (bicyclic) bond motifs is 1. The minimum absolute atomic E-state index is 0.0217. The molecule has 1 aliphatic rings. The van der Waals surface area contributed by atoms with Crippen LogP contribution in [0, 0.1) is 19.7 Å². The van der Waals surface area contributed by atoms with Gasteiger partial charge in [-0.25, -0.2) is 14.4 Å². The molecular weight excluding hydrogens is 521 g/mol. The van der Waals surface area contributed by atoms with Crippen molar-refractivity contribution < 1.29 is 27.8 Å². The molecule has 10 heteroatoms. The summed E-state index contributed by atoms with van der Waals surface area (Å²) < 4.78 is 57.3. The van der Waals surface area contributed by atoms with Crippen LogP contribution in [0.1, 0.15) is 69.1 Å². The third kappa shape index (κ3) is 5.56. The lowest BCUT2D eigenvalue weighted by Gasteiger charge is -2.30. The zero-order valence-electron chi connectivity index (χ0n) is 24.2. The van der Waals surface area contributed by atoms with Crippen molar-refractivity contribution in [2.24, 2.45) is 0 Å². The number of nitrogens with one attached hydrogen (secondary N) is 1. The van der Waals surface area contributed by atoms with Gasteiger partial charge in [0.05, 0.1) is 24.2 Å². The van der Waals surface area contributed by atoms with Gasteiger partial charge in [0, 0.05) is 22.6 Å². The molecule has 2 N–H and O–H groups in total. The number of hydrogen-bond acceptors (Lipinski definition) is 7. The monoisotopic (exact) mass is 560 g/mol. The van der Waals surface area contributed by atoms with Gasteiger partial charge < -0.3 is 19.9 Å². The van der Waals surface area contributed by atoms with Gasteiger partial charge in [-0.2, -0.15) is 8.78 Å². The number of nitrogens with zero attached hydrogens (tertiary/aromatic N) is 3. The van der Waals surface area contributed by atoms with Gasteiger partial charge in [-0.05, 0) is 72.7 Å². The highest BCUT2D eigenvalue weighted by Crippen LogP contribution is 2.42. The first-order valence-electron chi connectivity index (χ1n) is 13.7. The predicted molar refractivity (Wildman–Crippen MR) is 150 cm³/mol. The van der Waals surface area contributed by atoms with E-state index in [0.717, 1.165) is 51.4 Å². The van der Waals surface area contributed by atoms with Crippen LogP contribution in [-0.2, 0) is 5.92 Å². The largest absolute Gasteiger partial charge is 0.493 e. The quantitative estimate of drug-likeness (QED) is 0.302. The Labute approximate surface area is 233 Å². The van der Waals surface area contributed by atoms with Crippen LogP contribution in [-0.4, -0.2) is 58.4 Å². The lowest BCUT2D eigenvalue weighted by Crippen LogP contribution is -2.41. The number of rotatable bonds is 10. The fourth-order valence-corrected chi connectivity index (χ4v) is 5.39. The lowest BCUT2D eigenvalue weighted by molar-refractivity contribution is -0.170. The molecule has 0 bridgehead atoms. The van der Waals surface area contributed by atoms with Crippen LogP contribution in [0.4, 0.5) is 19.0 Å². The number of halogens is 3. The standard InChI is InChI=1S/C30H39F3N4O3/c1-8-37-14-10-11-20(37)16-40-24-15-22-26(17(2)27(24)39-7)35-19(4)36-28(22)34-18(3)21-12-9-13-23(25(21)31)30(32,33)29(5,6)38/h9,12-13,15,18,20,38H,8,10-11,14,16H2,1-7H3,(H,34,35,36)/t18-,20+/m1/s1. The summed E-state index contributed by atoms with van der Waals surface area (Å²) in [4.78, 5) is 11.6. The first-order chi connectivity index (χ1) is 18.8. The maximum atomic E-state index is 15.5. The number of likely N-dealkylation sites (tertiary alicyclic amines) is 1. The summed E-state index contributed by atoms with van der Waals surface area (Å²) in [7, 11) is 1.59. The molecular formula is C30H39F3N4O3. The first kappa shape index (κ1) is 29.9. The molecule has 0 aliphatic carbocycles. The summed E-state index contributed by atoms with van der Waals surface area (Å²) in [6, 6.07) is 5.19. The van der Waals surface area contributed by atoms with E-state index >= 15 is 4.39 Å². The molecule has 2 heterocycles. The maximum absolute atomic E-state index is 15.5. The zero-order chi connectivity index (χ0) is 29.4. The molecule has 2 aromatic carbocycles. The third-order valence-corrected chi connectivity index (χ3v) is 7.75. The number of benzene rings is 2. The maximum Gasteiger partial charge on any atom is 0.303 e. The summed E-state index contributed by atoms with van der Waals surface area (Å²) in [5, 5.41) is 13.8. The Morgan fingerprint density at radius 3 is 2.60 bits per heavy atom. The van der Waals surface area contributed by atoms with Crippen molar-refractivity contribution in [3.63, 3.8) is 0 Å². The Hall–Kier alpha value is -3.11. The van der Waals surface area contributed by atoms with Crippen LogP contribution in [0.5, 0.6) is 11.5 Å². The molecule has 0 amide bonds. The van der Waals surface area contributed by atoms with Gasteiger partial charge in [0.15, 0.2) is 11.5 Å². The van der Waals surface area contributed by atoms with Gasteiger partial charge in [-0.3, -0.25) is 4.90 Å². The van der Waals surface area contributed by atoms with E-state index in [0.29, 0.717) is 46.7 Å². The molecule has 4 rings (SSSR count). The van der Waals surface area contributed by atoms with Crippen LogP contribution in [0.25, 0.3) is 10.9 Å². The topological polar surface area (TPSA) is 79.7 Å². The second kappa shape index (κ2) is 11.4. The van der Waals surface area contributed by atoms with Gasteiger partial charge in [0.25, 0.3) is 0 Å². The number of aryl methyl sites for hydroxylation is 2. The van der Waals surface area contributed by atoms with E-state index in [1.54, 1.807) is 21.0 Å². The van der Waals surface area contributed by atoms with E-state index in [4.69, 9.17) is 9.47 Å². The molecule has 218 valence electrons. The van der Waals surface area contributed by atoms with Crippen LogP contribution in [0.15, 0.2) is 24.3 Å². The summed E-state index contributed by atoms with van der Waals surface area (Å²) >= 11 is 0. The van der Waals surface area contributed by atoms with Crippen molar-refractivity contribution in [1.29, 1.82) is 0 Å². The number of anilines is 1. The van der Waals surface area contributed by atoms with E-state index < -0.39 is 28.9 Å². The minimum atomic E-state index is -3.79. The number of hydrogen-bond donors (Lipinski definition) is 2. The predicted octanol–water partition coefficient (Wildman–Crippen LogP) is 6.29. The molecule has 1 fully saturated rings. The Kier molecular flexibility index (Phi) is 8.52. The molecule has 40 heavy (non-hydrogen) atoms. The smallest absolute Gasteiger partial charge is 0.303 e. The molecule has 1 saturated heterocycles. The van der Waals surface area contributed by atoms with Crippen molar-refractivity contribution in [3.8, 4) is 11.5 Å². The summed E-state index contributed by atoms with van der Waals surface area (Å²) in [6.07, 6.45) is 2.20. The first-order valence-corrected chi connectivity index (χ1v) is 13.7. The van der Waals surface area contributed by atoms with Crippen molar-refractivity contribution in [2.45, 2.75) is 78.0 Å². The molecule has 3 aromatic rings. The van der Waals surface area contributed by atoms with E-state index in [1.165, 1.54) is 12.1 Å². The highest BCUT2D eigenvalue weighted by Gasteiger charge is 2.49. The highest BCUT2D eigenvalue weighted by atomic mass is 19.3. The fourth-order valence-electron chi connectivity index (χ4n) is 5.39.